The minimum Gasteiger partial charge on any atom is -0.496 e. The van der Waals surface area contributed by atoms with Gasteiger partial charge in [-0.25, -0.2) is 4.79 Å². The number of ether oxygens (including phenoxy) is 2. The Morgan fingerprint density at radius 3 is 2.88 bits per heavy atom. The van der Waals surface area contributed by atoms with Crippen LogP contribution in [-0.4, -0.2) is 37.0 Å². The minimum atomic E-state index is -0.770. The molecule has 134 valence electrons. The topological polar surface area (TPSA) is 55.8 Å². The zero-order valence-corrected chi connectivity index (χ0v) is 15.1. The van der Waals surface area contributed by atoms with Crippen LogP contribution in [-0.2, 0) is 10.3 Å². The molecule has 2 aromatic rings. The van der Waals surface area contributed by atoms with Gasteiger partial charge < -0.3 is 14.4 Å². The first-order valence-corrected chi connectivity index (χ1v) is 8.87. The second-order valence-corrected chi connectivity index (χ2v) is 7.04. The standard InChI is InChI=1S/C20H18ClNO4/c1-25-17-8-7-13(21)11-15(17)18(23)22-10-4-9-20(12-22)16-6-3-2-5-14(16)19(24)26-20/h2-3,5-8,11H,4,9-10,12H2,1H3. The monoisotopic (exact) mass is 371 g/mol. The van der Waals surface area contributed by atoms with Crippen LogP contribution < -0.4 is 4.74 Å². The molecule has 1 saturated heterocycles. The summed E-state index contributed by atoms with van der Waals surface area (Å²) in [6.45, 7) is 0.917. The number of benzene rings is 2. The Morgan fingerprint density at radius 1 is 1.27 bits per heavy atom. The molecule has 0 radical (unpaired) electrons. The van der Waals surface area contributed by atoms with Crippen LogP contribution in [0, 0.1) is 0 Å². The number of carbonyl (C=O) groups excluding carboxylic acids is 2. The maximum Gasteiger partial charge on any atom is 0.339 e. The van der Waals surface area contributed by atoms with Crippen LogP contribution in [0.15, 0.2) is 42.5 Å². The SMILES string of the molecule is COc1ccc(Cl)cc1C(=O)N1CCCC2(C1)OC(=O)c1ccccc12. The second-order valence-electron chi connectivity index (χ2n) is 6.60. The summed E-state index contributed by atoms with van der Waals surface area (Å²) in [7, 11) is 1.52. The van der Waals surface area contributed by atoms with Gasteiger partial charge in [-0.3, -0.25) is 4.79 Å². The summed E-state index contributed by atoms with van der Waals surface area (Å²) < 4.78 is 11.1. The molecule has 0 bridgehead atoms. The Morgan fingerprint density at radius 2 is 2.08 bits per heavy atom. The van der Waals surface area contributed by atoms with Crippen molar-refractivity contribution in [2.75, 3.05) is 20.2 Å². The third-order valence-corrected chi connectivity index (χ3v) is 5.30. The number of rotatable bonds is 2. The van der Waals surface area contributed by atoms with Gasteiger partial charge in [-0.15, -0.1) is 0 Å². The summed E-state index contributed by atoms with van der Waals surface area (Å²) in [6.07, 6.45) is 1.45. The van der Waals surface area contributed by atoms with Crippen molar-refractivity contribution in [1.82, 2.24) is 4.90 Å². The van der Waals surface area contributed by atoms with Crippen LogP contribution in [0.1, 0.15) is 39.1 Å². The summed E-state index contributed by atoms with van der Waals surface area (Å²) in [5, 5.41) is 0.471. The van der Waals surface area contributed by atoms with Crippen LogP contribution in [0.3, 0.4) is 0 Å². The second kappa shape index (κ2) is 6.32. The number of hydrogen-bond donors (Lipinski definition) is 0. The van der Waals surface area contributed by atoms with Gasteiger partial charge in [0.2, 0.25) is 0 Å². The number of halogens is 1. The van der Waals surface area contributed by atoms with E-state index in [0.29, 0.717) is 41.4 Å². The van der Waals surface area contributed by atoms with Crippen LogP contribution in [0.2, 0.25) is 5.02 Å². The van der Waals surface area contributed by atoms with Gasteiger partial charge in [0.25, 0.3) is 5.91 Å². The summed E-state index contributed by atoms with van der Waals surface area (Å²) in [5.41, 5.74) is 1.09. The van der Waals surface area contributed by atoms with Crippen molar-refractivity contribution in [3.8, 4) is 5.75 Å². The normalized spacial score (nSPS) is 21.5. The van der Waals surface area contributed by atoms with E-state index in [-0.39, 0.29) is 11.9 Å². The van der Waals surface area contributed by atoms with Crippen LogP contribution in [0.25, 0.3) is 0 Å². The number of methoxy groups -OCH3 is 1. The first-order valence-electron chi connectivity index (χ1n) is 8.50. The van der Waals surface area contributed by atoms with Gasteiger partial charge in [-0.05, 0) is 37.1 Å². The van der Waals surface area contributed by atoms with Crippen LogP contribution >= 0.6 is 11.6 Å². The molecule has 0 saturated carbocycles. The maximum atomic E-state index is 13.1. The van der Waals surface area contributed by atoms with E-state index < -0.39 is 5.60 Å². The lowest BCUT2D eigenvalue weighted by molar-refractivity contribution is -0.0442. The highest BCUT2D eigenvalue weighted by Crippen LogP contribution is 2.43. The smallest absolute Gasteiger partial charge is 0.339 e. The van der Waals surface area contributed by atoms with Gasteiger partial charge in [-0.2, -0.15) is 0 Å². The molecule has 5 nitrogen and oxygen atoms in total. The van der Waals surface area contributed by atoms with Gasteiger partial charge >= 0.3 is 5.97 Å². The highest BCUT2D eigenvalue weighted by molar-refractivity contribution is 6.31. The Labute approximate surface area is 156 Å². The van der Waals surface area contributed by atoms with Gasteiger partial charge in [0, 0.05) is 17.1 Å². The van der Waals surface area contributed by atoms with Crippen molar-refractivity contribution in [3.05, 3.63) is 64.2 Å². The van der Waals surface area contributed by atoms with Gasteiger partial charge in [0.05, 0.1) is 24.8 Å². The fourth-order valence-electron chi connectivity index (χ4n) is 3.86. The van der Waals surface area contributed by atoms with Crippen molar-refractivity contribution >= 4 is 23.5 Å². The van der Waals surface area contributed by atoms with Crippen molar-refractivity contribution in [2.45, 2.75) is 18.4 Å². The Balaban J connectivity index is 1.67. The average molecular weight is 372 g/mol. The first kappa shape index (κ1) is 16.9. The molecule has 2 aliphatic heterocycles. The Bertz CT molecular complexity index is 897. The molecule has 1 fully saturated rings. The van der Waals surface area contributed by atoms with E-state index in [4.69, 9.17) is 21.1 Å². The molecular formula is C20H18ClNO4. The van der Waals surface area contributed by atoms with Crippen molar-refractivity contribution in [3.63, 3.8) is 0 Å². The number of amides is 1. The summed E-state index contributed by atoms with van der Waals surface area (Å²) >= 11 is 6.07. The quantitative estimate of drug-likeness (QED) is 0.756. The van der Waals surface area contributed by atoms with E-state index in [0.717, 1.165) is 12.0 Å². The number of fused-ring (bicyclic) bond motifs is 2. The minimum absolute atomic E-state index is 0.177. The van der Waals surface area contributed by atoms with E-state index >= 15 is 0 Å². The lowest BCUT2D eigenvalue weighted by Crippen LogP contribution is -2.48. The van der Waals surface area contributed by atoms with Gasteiger partial charge in [-0.1, -0.05) is 29.8 Å². The molecular weight excluding hydrogens is 354 g/mol. The third-order valence-electron chi connectivity index (χ3n) is 5.06. The molecule has 1 spiro atoms. The number of piperidine rings is 1. The van der Waals surface area contributed by atoms with E-state index in [1.807, 2.05) is 18.2 Å². The molecule has 1 atom stereocenters. The number of likely N-dealkylation sites (tertiary alicyclic amines) is 1. The Kier molecular flexibility index (Phi) is 4.11. The van der Waals surface area contributed by atoms with Crippen LogP contribution in [0.5, 0.6) is 5.75 Å². The number of nitrogens with zero attached hydrogens (tertiary/aromatic N) is 1. The highest BCUT2D eigenvalue weighted by Gasteiger charge is 2.48. The molecule has 2 aliphatic rings. The molecule has 1 unspecified atom stereocenters. The predicted octanol–water partition coefficient (Wildman–Crippen LogP) is 3.65. The van der Waals surface area contributed by atoms with Gasteiger partial charge in [0.15, 0.2) is 5.60 Å². The first-order chi connectivity index (χ1) is 12.5. The lowest BCUT2D eigenvalue weighted by Gasteiger charge is -2.39. The molecule has 2 heterocycles. The summed E-state index contributed by atoms with van der Waals surface area (Å²) in [5.74, 6) is -0.0260. The number of carbonyl (C=O) groups is 2. The van der Waals surface area contributed by atoms with E-state index in [1.165, 1.54) is 7.11 Å². The van der Waals surface area contributed by atoms with E-state index in [1.54, 1.807) is 29.2 Å². The van der Waals surface area contributed by atoms with Crippen molar-refractivity contribution < 1.29 is 19.1 Å². The molecule has 1 amide bonds. The highest BCUT2D eigenvalue weighted by atomic mass is 35.5. The van der Waals surface area contributed by atoms with Crippen molar-refractivity contribution in [1.29, 1.82) is 0 Å². The number of esters is 1. The molecule has 0 aliphatic carbocycles. The molecule has 4 rings (SSSR count). The molecule has 6 heteroatoms. The summed E-state index contributed by atoms with van der Waals surface area (Å²) in [4.78, 5) is 27.1. The van der Waals surface area contributed by atoms with E-state index in [9.17, 15) is 9.59 Å². The van der Waals surface area contributed by atoms with E-state index in [2.05, 4.69) is 0 Å². The fraction of sp³-hybridized carbons (Fsp3) is 0.300. The summed E-state index contributed by atoms with van der Waals surface area (Å²) in [6, 6.07) is 12.4. The fourth-order valence-corrected chi connectivity index (χ4v) is 4.03. The van der Waals surface area contributed by atoms with Crippen molar-refractivity contribution in [2.24, 2.45) is 0 Å². The molecule has 0 aromatic heterocycles. The molecule has 2 aromatic carbocycles. The predicted molar refractivity (Wildman–Crippen MR) is 96.7 cm³/mol. The van der Waals surface area contributed by atoms with Crippen LogP contribution in [0.4, 0.5) is 0 Å². The zero-order chi connectivity index (χ0) is 18.3. The average Bonchev–Trinajstić information content (AvgIpc) is 2.93. The molecule has 0 N–H and O–H groups in total. The zero-order valence-electron chi connectivity index (χ0n) is 14.3. The maximum absolute atomic E-state index is 13.1. The third kappa shape index (κ3) is 2.63. The molecule has 26 heavy (non-hydrogen) atoms. The number of hydrogen-bond acceptors (Lipinski definition) is 4. The van der Waals surface area contributed by atoms with Gasteiger partial charge in [0.1, 0.15) is 5.75 Å². The Hall–Kier alpha value is -2.53. The lowest BCUT2D eigenvalue weighted by atomic mass is 9.85. The largest absolute Gasteiger partial charge is 0.496 e.